The van der Waals surface area contributed by atoms with Crippen LogP contribution in [0, 0.1) is 0 Å². The first-order valence-corrected chi connectivity index (χ1v) is 18.5. The van der Waals surface area contributed by atoms with Crippen LogP contribution in [0.4, 0.5) is 0 Å². The van der Waals surface area contributed by atoms with E-state index >= 15 is 0 Å². The number of nitrogens with zero attached hydrogens (tertiary/aromatic N) is 4. The van der Waals surface area contributed by atoms with Crippen molar-refractivity contribution < 1.29 is 0 Å². The highest BCUT2D eigenvalue weighted by Crippen LogP contribution is 2.45. The lowest BCUT2D eigenvalue weighted by atomic mass is 10.00. The number of pyridine rings is 1. The number of benzene rings is 7. The third kappa shape index (κ3) is 5.64. The van der Waals surface area contributed by atoms with Gasteiger partial charge in [-0.3, -0.25) is 0 Å². The summed E-state index contributed by atoms with van der Waals surface area (Å²) >= 11 is 1.80. The van der Waals surface area contributed by atoms with Crippen LogP contribution in [0.1, 0.15) is 0 Å². The Bertz CT molecular complexity index is 2800. The van der Waals surface area contributed by atoms with Gasteiger partial charge in [0.2, 0.25) is 0 Å². The zero-order valence-electron chi connectivity index (χ0n) is 28.5. The van der Waals surface area contributed by atoms with Crippen molar-refractivity contribution in [2.75, 3.05) is 0 Å². The van der Waals surface area contributed by atoms with Crippen molar-refractivity contribution in [2.24, 2.45) is 0 Å². The van der Waals surface area contributed by atoms with Gasteiger partial charge < -0.3 is 0 Å². The Morgan fingerprint density at radius 2 is 0.792 bits per heavy atom. The van der Waals surface area contributed by atoms with Gasteiger partial charge in [0.05, 0.1) is 11.2 Å². The Hall–Kier alpha value is -6.82. The molecule has 0 saturated heterocycles. The van der Waals surface area contributed by atoms with E-state index in [4.69, 9.17) is 19.9 Å². The molecule has 10 aromatic rings. The van der Waals surface area contributed by atoms with Crippen molar-refractivity contribution in [2.45, 2.75) is 0 Å². The summed E-state index contributed by atoms with van der Waals surface area (Å²) in [5.74, 6) is 1.85. The Morgan fingerprint density at radius 1 is 0.321 bits per heavy atom. The highest BCUT2D eigenvalue weighted by molar-refractivity contribution is 7.26. The number of fused-ring (bicyclic) bond motifs is 5. The Kier molecular flexibility index (Phi) is 7.63. The lowest BCUT2D eigenvalue weighted by Crippen LogP contribution is -2.01. The van der Waals surface area contributed by atoms with Crippen LogP contribution in [0.2, 0.25) is 0 Å². The van der Waals surface area contributed by atoms with Gasteiger partial charge >= 0.3 is 0 Å². The van der Waals surface area contributed by atoms with E-state index in [9.17, 15) is 0 Å². The van der Waals surface area contributed by atoms with Gasteiger partial charge in [0.25, 0.3) is 0 Å². The lowest BCUT2D eigenvalue weighted by molar-refractivity contribution is 1.08. The monoisotopic (exact) mass is 694 g/mol. The van der Waals surface area contributed by atoms with Gasteiger partial charge in [0.15, 0.2) is 17.5 Å². The zero-order valence-corrected chi connectivity index (χ0v) is 29.3. The van der Waals surface area contributed by atoms with E-state index in [1.807, 2.05) is 18.2 Å². The highest BCUT2D eigenvalue weighted by Gasteiger charge is 2.21. The van der Waals surface area contributed by atoms with Gasteiger partial charge in [0.1, 0.15) is 0 Å². The predicted molar refractivity (Wildman–Crippen MR) is 221 cm³/mol. The predicted octanol–water partition coefficient (Wildman–Crippen LogP) is 12.8. The van der Waals surface area contributed by atoms with Gasteiger partial charge in [-0.1, -0.05) is 170 Å². The summed E-state index contributed by atoms with van der Waals surface area (Å²) in [5, 5.41) is 3.40. The highest BCUT2D eigenvalue weighted by atomic mass is 32.1. The molecule has 0 spiro atoms. The number of thiophene rings is 1. The summed E-state index contributed by atoms with van der Waals surface area (Å²) in [7, 11) is 0. The van der Waals surface area contributed by atoms with Crippen LogP contribution in [-0.2, 0) is 0 Å². The fourth-order valence-corrected chi connectivity index (χ4v) is 8.41. The molecule has 0 aliphatic carbocycles. The summed E-state index contributed by atoms with van der Waals surface area (Å²) in [6.45, 7) is 0. The zero-order chi connectivity index (χ0) is 35.1. The van der Waals surface area contributed by atoms with E-state index in [2.05, 4.69) is 164 Å². The van der Waals surface area contributed by atoms with Crippen LogP contribution < -0.4 is 0 Å². The van der Waals surface area contributed by atoms with Gasteiger partial charge in [0, 0.05) is 47.8 Å². The maximum absolute atomic E-state index is 5.36. The molecule has 0 radical (unpaired) electrons. The maximum Gasteiger partial charge on any atom is 0.164 e. The second-order valence-electron chi connectivity index (χ2n) is 13.0. The van der Waals surface area contributed by atoms with Gasteiger partial charge in [-0.05, 0) is 34.4 Å². The smallest absolute Gasteiger partial charge is 0.164 e. The number of hydrogen-bond donors (Lipinski definition) is 0. The summed E-state index contributed by atoms with van der Waals surface area (Å²) in [6, 6.07) is 63.1. The molecule has 248 valence electrons. The third-order valence-electron chi connectivity index (χ3n) is 9.76. The Balaban J connectivity index is 1.19. The minimum absolute atomic E-state index is 0.614. The van der Waals surface area contributed by atoms with Crippen molar-refractivity contribution in [1.82, 2.24) is 19.9 Å². The molecule has 5 heteroatoms. The molecule has 53 heavy (non-hydrogen) atoms. The average Bonchev–Trinajstić information content (AvgIpc) is 3.64. The SMILES string of the molecule is c1ccc(-c2ccc(-c3nc(-c4ccc(-c5ccccc5)cc4)nc(-c4cccc5nc(-c6ccccc6)c6c7ccccc7sc6c45)n3)cc2)cc1. The minimum atomic E-state index is 0.614. The molecule has 3 heterocycles. The summed E-state index contributed by atoms with van der Waals surface area (Å²) in [6.07, 6.45) is 0. The van der Waals surface area contributed by atoms with E-state index in [0.29, 0.717) is 17.5 Å². The minimum Gasteiger partial charge on any atom is -0.247 e. The van der Waals surface area contributed by atoms with Crippen LogP contribution in [0.3, 0.4) is 0 Å². The molecule has 10 rings (SSSR count). The molecule has 3 aromatic heterocycles. The molecular formula is C48H30N4S. The molecule has 0 saturated carbocycles. The first kappa shape index (κ1) is 31.0. The van der Waals surface area contributed by atoms with E-state index in [1.165, 1.54) is 25.9 Å². The van der Waals surface area contributed by atoms with Crippen LogP contribution in [0.5, 0.6) is 0 Å². The summed E-state index contributed by atoms with van der Waals surface area (Å²) in [4.78, 5) is 20.9. The fourth-order valence-electron chi connectivity index (χ4n) is 7.14. The normalized spacial score (nSPS) is 11.4. The average molecular weight is 695 g/mol. The van der Waals surface area contributed by atoms with E-state index < -0.39 is 0 Å². The number of aromatic nitrogens is 4. The van der Waals surface area contributed by atoms with Crippen molar-refractivity contribution in [3.05, 3.63) is 182 Å². The number of hydrogen-bond acceptors (Lipinski definition) is 5. The summed E-state index contributed by atoms with van der Waals surface area (Å²) in [5.41, 5.74) is 10.4. The quantitative estimate of drug-likeness (QED) is 0.174. The van der Waals surface area contributed by atoms with Gasteiger partial charge in [-0.15, -0.1) is 11.3 Å². The largest absolute Gasteiger partial charge is 0.247 e. The lowest BCUT2D eigenvalue weighted by Gasteiger charge is -2.13. The summed E-state index contributed by atoms with van der Waals surface area (Å²) < 4.78 is 2.39. The van der Waals surface area contributed by atoms with Crippen LogP contribution in [0.25, 0.3) is 98.7 Å². The van der Waals surface area contributed by atoms with E-state index in [-0.39, 0.29) is 0 Å². The molecule has 0 unspecified atom stereocenters. The first-order chi connectivity index (χ1) is 26.3. The van der Waals surface area contributed by atoms with Crippen LogP contribution >= 0.6 is 11.3 Å². The Morgan fingerprint density at radius 3 is 1.38 bits per heavy atom. The molecule has 0 bridgehead atoms. The number of rotatable bonds is 6. The van der Waals surface area contributed by atoms with Crippen LogP contribution in [-0.4, -0.2) is 19.9 Å². The molecule has 4 nitrogen and oxygen atoms in total. The molecule has 0 amide bonds. The van der Waals surface area contributed by atoms with Crippen molar-refractivity contribution in [3.8, 4) is 67.7 Å². The second-order valence-corrected chi connectivity index (χ2v) is 14.1. The molecule has 0 N–H and O–H groups in total. The molecule has 0 fully saturated rings. The molecule has 0 atom stereocenters. The van der Waals surface area contributed by atoms with Crippen molar-refractivity contribution in [3.63, 3.8) is 0 Å². The molecule has 0 aliphatic heterocycles. The first-order valence-electron chi connectivity index (χ1n) is 17.6. The molecular weight excluding hydrogens is 665 g/mol. The van der Waals surface area contributed by atoms with Crippen molar-refractivity contribution in [1.29, 1.82) is 0 Å². The third-order valence-corrected chi connectivity index (χ3v) is 10.9. The van der Waals surface area contributed by atoms with E-state index in [1.54, 1.807) is 11.3 Å². The standard InChI is InChI=1S/C48H30N4S/c1-4-13-31(14-5-1)33-23-27-36(28-24-33)46-50-47(37-29-25-34(26-30-37)32-15-6-2-7-16-32)52-48(51-46)39-20-12-21-40-42(39)45-43(38-19-10-11-22-41(38)53-45)44(49-40)35-17-8-3-9-18-35/h1-30H. The maximum atomic E-state index is 5.36. The van der Waals surface area contributed by atoms with Crippen molar-refractivity contribution >= 4 is 42.4 Å². The topological polar surface area (TPSA) is 51.6 Å². The van der Waals surface area contributed by atoms with E-state index in [0.717, 1.165) is 55.4 Å². The van der Waals surface area contributed by atoms with Gasteiger partial charge in [-0.2, -0.15) is 0 Å². The Labute approximate surface area is 310 Å². The van der Waals surface area contributed by atoms with Gasteiger partial charge in [-0.25, -0.2) is 19.9 Å². The molecule has 0 aliphatic rings. The van der Waals surface area contributed by atoms with Crippen LogP contribution in [0.15, 0.2) is 182 Å². The molecule has 7 aromatic carbocycles. The second kappa shape index (κ2) is 13.1. The fraction of sp³-hybridized carbons (Fsp3) is 0.